The minimum Gasteiger partial charge on any atom is -0.454 e. The van der Waals surface area contributed by atoms with Gasteiger partial charge in [0.15, 0.2) is 11.7 Å². The standard InChI is InChI=1S/C15H26N4O3/c1-3-4-9-21-10-5-8-18-15(17-2)19-11-12-6-7-13(22-12)14(16)20/h6-7H,3-5,8-11H2,1-2H3,(H2,16,20)(H2,17,18,19). The van der Waals surface area contributed by atoms with Crippen LogP contribution in [0.15, 0.2) is 21.5 Å². The zero-order chi connectivity index (χ0) is 16.2. The average Bonchev–Trinajstić information content (AvgIpc) is 2.98. The monoisotopic (exact) mass is 310 g/mol. The van der Waals surface area contributed by atoms with Gasteiger partial charge in [-0.15, -0.1) is 0 Å². The summed E-state index contributed by atoms with van der Waals surface area (Å²) in [5.41, 5.74) is 5.13. The normalized spacial score (nSPS) is 11.5. The Morgan fingerprint density at radius 3 is 2.73 bits per heavy atom. The summed E-state index contributed by atoms with van der Waals surface area (Å²) in [5.74, 6) is 0.881. The number of aliphatic imine (C=N–C) groups is 1. The van der Waals surface area contributed by atoms with Crippen molar-refractivity contribution in [2.24, 2.45) is 10.7 Å². The van der Waals surface area contributed by atoms with Gasteiger partial charge in [-0.1, -0.05) is 13.3 Å². The Morgan fingerprint density at radius 1 is 1.32 bits per heavy atom. The fourth-order valence-corrected chi connectivity index (χ4v) is 1.73. The van der Waals surface area contributed by atoms with E-state index < -0.39 is 5.91 Å². The highest BCUT2D eigenvalue weighted by Crippen LogP contribution is 2.06. The largest absolute Gasteiger partial charge is 0.454 e. The molecule has 0 saturated carbocycles. The van der Waals surface area contributed by atoms with E-state index >= 15 is 0 Å². The summed E-state index contributed by atoms with van der Waals surface area (Å²) in [4.78, 5) is 15.0. The van der Waals surface area contributed by atoms with Gasteiger partial charge in [0.1, 0.15) is 5.76 Å². The number of hydrogen-bond donors (Lipinski definition) is 3. The van der Waals surface area contributed by atoms with E-state index in [2.05, 4.69) is 22.5 Å². The predicted molar refractivity (Wildman–Crippen MR) is 85.8 cm³/mol. The predicted octanol–water partition coefficient (Wildman–Crippen LogP) is 1.25. The Morgan fingerprint density at radius 2 is 2.09 bits per heavy atom. The second-order valence-electron chi connectivity index (χ2n) is 4.80. The quantitative estimate of drug-likeness (QED) is 0.343. The van der Waals surface area contributed by atoms with Gasteiger partial charge >= 0.3 is 0 Å². The molecule has 0 aliphatic rings. The molecule has 0 bridgehead atoms. The van der Waals surface area contributed by atoms with Crippen molar-refractivity contribution >= 4 is 11.9 Å². The van der Waals surface area contributed by atoms with Crippen molar-refractivity contribution in [1.82, 2.24) is 10.6 Å². The minimum atomic E-state index is -0.572. The van der Waals surface area contributed by atoms with Crippen LogP contribution in [0.25, 0.3) is 0 Å². The molecule has 1 amide bonds. The van der Waals surface area contributed by atoms with Crippen LogP contribution in [-0.2, 0) is 11.3 Å². The molecule has 1 aromatic rings. The Bertz CT molecular complexity index is 471. The van der Waals surface area contributed by atoms with Gasteiger partial charge in [-0.3, -0.25) is 9.79 Å². The molecule has 7 heteroatoms. The van der Waals surface area contributed by atoms with Gasteiger partial charge in [-0.2, -0.15) is 0 Å². The lowest BCUT2D eigenvalue weighted by atomic mass is 10.4. The van der Waals surface area contributed by atoms with Crippen LogP contribution in [0.3, 0.4) is 0 Å². The second kappa shape index (κ2) is 10.7. The first-order valence-electron chi connectivity index (χ1n) is 7.58. The summed E-state index contributed by atoms with van der Waals surface area (Å²) < 4.78 is 10.8. The van der Waals surface area contributed by atoms with E-state index in [9.17, 15) is 4.79 Å². The third kappa shape index (κ3) is 7.12. The molecule has 0 aliphatic heterocycles. The van der Waals surface area contributed by atoms with Gasteiger partial charge in [-0.25, -0.2) is 0 Å². The Kier molecular flexibility index (Phi) is 8.74. The SMILES string of the molecule is CCCCOCCCNC(=NC)NCc1ccc(C(N)=O)o1. The van der Waals surface area contributed by atoms with Crippen LogP contribution < -0.4 is 16.4 Å². The molecule has 0 aromatic carbocycles. The van der Waals surface area contributed by atoms with Crippen molar-refractivity contribution in [1.29, 1.82) is 0 Å². The highest BCUT2D eigenvalue weighted by Gasteiger charge is 2.07. The molecule has 1 rings (SSSR count). The number of primary amides is 1. The van der Waals surface area contributed by atoms with E-state index in [-0.39, 0.29) is 5.76 Å². The molecule has 1 heterocycles. The van der Waals surface area contributed by atoms with Gasteiger partial charge in [0.25, 0.3) is 5.91 Å². The summed E-state index contributed by atoms with van der Waals surface area (Å²) in [6.45, 7) is 4.91. The first-order chi connectivity index (χ1) is 10.7. The van der Waals surface area contributed by atoms with Crippen LogP contribution >= 0.6 is 0 Å². The summed E-state index contributed by atoms with van der Waals surface area (Å²) >= 11 is 0. The van der Waals surface area contributed by atoms with Crippen LogP contribution in [0.5, 0.6) is 0 Å². The minimum absolute atomic E-state index is 0.156. The third-order valence-corrected chi connectivity index (χ3v) is 2.96. The molecule has 0 radical (unpaired) electrons. The number of carbonyl (C=O) groups excluding carboxylic acids is 1. The molecular formula is C15H26N4O3. The number of guanidine groups is 1. The Labute approximate surface area is 131 Å². The fourth-order valence-electron chi connectivity index (χ4n) is 1.73. The number of ether oxygens (including phenoxy) is 1. The molecule has 0 atom stereocenters. The van der Waals surface area contributed by atoms with E-state index in [0.717, 1.165) is 39.0 Å². The van der Waals surface area contributed by atoms with Crippen molar-refractivity contribution in [3.63, 3.8) is 0 Å². The lowest BCUT2D eigenvalue weighted by Gasteiger charge is -2.11. The molecule has 4 N–H and O–H groups in total. The molecule has 0 fully saturated rings. The van der Waals surface area contributed by atoms with Crippen molar-refractivity contribution in [2.75, 3.05) is 26.8 Å². The number of hydrogen-bond acceptors (Lipinski definition) is 4. The number of unbranched alkanes of at least 4 members (excludes halogenated alkanes) is 1. The fraction of sp³-hybridized carbons (Fsp3) is 0.600. The number of amides is 1. The number of carbonyl (C=O) groups is 1. The maximum Gasteiger partial charge on any atom is 0.284 e. The summed E-state index contributed by atoms with van der Waals surface area (Å²) in [7, 11) is 1.70. The molecule has 0 unspecified atom stereocenters. The number of rotatable bonds is 10. The highest BCUT2D eigenvalue weighted by molar-refractivity contribution is 5.89. The molecule has 7 nitrogen and oxygen atoms in total. The lowest BCUT2D eigenvalue weighted by Crippen LogP contribution is -2.37. The molecule has 0 aliphatic carbocycles. The van der Waals surface area contributed by atoms with Gasteiger partial charge in [0, 0.05) is 26.8 Å². The number of nitrogens with two attached hydrogens (primary N) is 1. The lowest BCUT2D eigenvalue weighted by molar-refractivity contribution is 0.0972. The maximum absolute atomic E-state index is 10.9. The van der Waals surface area contributed by atoms with Gasteiger partial charge in [0.05, 0.1) is 6.54 Å². The number of furan rings is 1. The summed E-state index contributed by atoms with van der Waals surface area (Å²) in [6.07, 6.45) is 3.17. The van der Waals surface area contributed by atoms with Gasteiger partial charge < -0.3 is 25.5 Å². The second-order valence-corrected chi connectivity index (χ2v) is 4.80. The number of nitrogens with one attached hydrogen (secondary N) is 2. The highest BCUT2D eigenvalue weighted by atomic mass is 16.5. The van der Waals surface area contributed by atoms with Crippen LogP contribution in [0.4, 0.5) is 0 Å². The van der Waals surface area contributed by atoms with Crippen molar-refractivity contribution < 1.29 is 13.9 Å². The molecule has 1 aromatic heterocycles. The third-order valence-electron chi connectivity index (χ3n) is 2.96. The molecule has 22 heavy (non-hydrogen) atoms. The summed E-state index contributed by atoms with van der Waals surface area (Å²) in [6, 6.07) is 3.27. The van der Waals surface area contributed by atoms with Crippen LogP contribution in [0.1, 0.15) is 42.5 Å². The topological polar surface area (TPSA) is 102 Å². The van der Waals surface area contributed by atoms with Crippen LogP contribution in [0, 0.1) is 0 Å². The van der Waals surface area contributed by atoms with Crippen LogP contribution in [0.2, 0.25) is 0 Å². The average molecular weight is 310 g/mol. The smallest absolute Gasteiger partial charge is 0.284 e. The first-order valence-corrected chi connectivity index (χ1v) is 7.58. The molecule has 0 saturated heterocycles. The molecular weight excluding hydrogens is 284 g/mol. The molecule has 124 valence electrons. The van der Waals surface area contributed by atoms with Crippen LogP contribution in [-0.4, -0.2) is 38.7 Å². The van der Waals surface area contributed by atoms with Gasteiger partial charge in [0.2, 0.25) is 0 Å². The van der Waals surface area contributed by atoms with E-state index in [4.69, 9.17) is 14.9 Å². The van der Waals surface area contributed by atoms with E-state index in [0.29, 0.717) is 18.3 Å². The Hall–Kier alpha value is -2.02. The van der Waals surface area contributed by atoms with Crippen molar-refractivity contribution in [3.05, 3.63) is 23.7 Å². The summed E-state index contributed by atoms with van der Waals surface area (Å²) in [5, 5.41) is 6.29. The van der Waals surface area contributed by atoms with E-state index in [1.807, 2.05) is 0 Å². The zero-order valence-corrected chi connectivity index (χ0v) is 13.4. The first kappa shape index (κ1) is 18.0. The number of nitrogens with zero attached hydrogens (tertiary/aromatic N) is 1. The molecule has 0 spiro atoms. The maximum atomic E-state index is 10.9. The Balaban J connectivity index is 2.18. The van der Waals surface area contributed by atoms with Crippen molar-refractivity contribution in [3.8, 4) is 0 Å². The van der Waals surface area contributed by atoms with E-state index in [1.165, 1.54) is 0 Å². The van der Waals surface area contributed by atoms with Crippen molar-refractivity contribution in [2.45, 2.75) is 32.7 Å². The van der Waals surface area contributed by atoms with E-state index in [1.54, 1.807) is 19.2 Å². The van der Waals surface area contributed by atoms with Gasteiger partial charge in [-0.05, 0) is 25.0 Å². The zero-order valence-electron chi connectivity index (χ0n) is 13.4.